The summed E-state index contributed by atoms with van der Waals surface area (Å²) in [6.07, 6.45) is -2.10. The van der Waals surface area contributed by atoms with E-state index in [1.165, 1.54) is 6.33 Å². The number of fused-ring (bicyclic) bond motifs is 1. The van der Waals surface area contributed by atoms with Crippen LogP contribution in [0.25, 0.3) is 11.2 Å². The highest BCUT2D eigenvalue weighted by Gasteiger charge is 2.53. The van der Waals surface area contributed by atoms with E-state index in [0.29, 0.717) is 11.2 Å². The first-order valence-electron chi connectivity index (χ1n) is 19.0. The van der Waals surface area contributed by atoms with Crippen LogP contribution >= 0.6 is 0 Å². The van der Waals surface area contributed by atoms with Crippen LogP contribution in [-0.2, 0) is 25.4 Å². The molecule has 8 nitrogen and oxygen atoms in total. The lowest BCUT2D eigenvalue weighted by molar-refractivity contribution is -0.119. The number of aromatic nitrogens is 4. The summed E-state index contributed by atoms with van der Waals surface area (Å²) in [4.78, 5) is 13.2. The lowest BCUT2D eigenvalue weighted by Gasteiger charge is -2.39. The fourth-order valence-corrected chi connectivity index (χ4v) is 8.14. The third-order valence-electron chi connectivity index (χ3n) is 10.8. The van der Waals surface area contributed by atoms with Crippen LogP contribution in [0.3, 0.4) is 0 Å². The van der Waals surface area contributed by atoms with Gasteiger partial charge in [0.2, 0.25) is 0 Å². The average Bonchev–Trinajstić information content (AvgIpc) is 3.85. The molecule has 2 aromatic heterocycles. The first-order chi connectivity index (χ1) is 28.1. The van der Waals surface area contributed by atoms with Gasteiger partial charge in [0.1, 0.15) is 35.3 Å². The van der Waals surface area contributed by atoms with Gasteiger partial charge in [0.25, 0.3) is 0 Å². The number of nitrogen functional groups attached to an aromatic ring is 1. The molecule has 9 rings (SSSR count). The fraction of sp³-hybridized carbons (Fsp3) is 0.146. The van der Waals surface area contributed by atoms with Crippen molar-refractivity contribution >= 4 is 17.0 Å². The second-order valence-electron chi connectivity index (χ2n) is 14.0. The summed E-state index contributed by atoms with van der Waals surface area (Å²) in [5.74, 6) is 0.205. The van der Waals surface area contributed by atoms with E-state index in [4.69, 9.17) is 19.9 Å². The van der Waals surface area contributed by atoms with E-state index in [9.17, 15) is 0 Å². The highest BCUT2D eigenvalue weighted by Crippen LogP contribution is 2.48. The molecule has 0 radical (unpaired) electrons. The minimum atomic E-state index is -1.69. The summed E-state index contributed by atoms with van der Waals surface area (Å²) in [6.45, 7) is -0.130. The number of rotatable bonds is 12. The van der Waals surface area contributed by atoms with E-state index in [1.54, 1.807) is 10.9 Å². The summed E-state index contributed by atoms with van der Waals surface area (Å²) in [7, 11) is 0. The molecule has 0 spiro atoms. The molecule has 4 atom stereocenters. The van der Waals surface area contributed by atoms with E-state index in [0.717, 1.165) is 33.4 Å². The Morgan fingerprint density at radius 2 is 0.965 bits per heavy atom. The molecule has 3 heterocycles. The number of nitrogens with zero attached hydrogens (tertiary/aromatic N) is 4. The lowest BCUT2D eigenvalue weighted by Crippen LogP contribution is -2.43. The molecule has 1 aliphatic heterocycles. The number of hydrogen-bond donors (Lipinski definition) is 1. The number of hydrogen-bond acceptors (Lipinski definition) is 7. The topological polar surface area (TPSA) is 97.3 Å². The molecule has 8 aromatic rings. The Morgan fingerprint density at radius 1 is 0.561 bits per heavy atom. The summed E-state index contributed by atoms with van der Waals surface area (Å²) >= 11 is 0. The molecular weight excluding hydrogens is 714 g/mol. The molecule has 1 saturated heterocycles. The molecule has 57 heavy (non-hydrogen) atoms. The summed E-state index contributed by atoms with van der Waals surface area (Å²) in [5, 5.41) is 0. The van der Waals surface area contributed by atoms with Gasteiger partial charge in [-0.3, -0.25) is 4.57 Å². The number of imidazole rings is 1. The zero-order chi connectivity index (χ0) is 38.7. The highest BCUT2D eigenvalue weighted by atomic mass is 19.1. The van der Waals surface area contributed by atoms with Gasteiger partial charge in [-0.25, -0.2) is 19.3 Å². The Hall–Kier alpha value is -6.52. The van der Waals surface area contributed by atoms with Gasteiger partial charge in [0.15, 0.2) is 23.9 Å². The van der Waals surface area contributed by atoms with Crippen molar-refractivity contribution in [3.05, 3.63) is 228 Å². The van der Waals surface area contributed by atoms with Gasteiger partial charge >= 0.3 is 0 Å². The maximum absolute atomic E-state index is 18.0. The quantitative estimate of drug-likeness (QED) is 0.124. The van der Waals surface area contributed by atoms with Crippen LogP contribution in [-0.4, -0.2) is 44.5 Å². The van der Waals surface area contributed by atoms with Gasteiger partial charge < -0.3 is 19.9 Å². The molecule has 1 fully saturated rings. The number of benzene rings is 6. The molecule has 282 valence electrons. The minimum Gasteiger partial charge on any atom is -0.382 e. The van der Waals surface area contributed by atoms with E-state index < -0.39 is 35.8 Å². The molecule has 0 amide bonds. The average molecular weight is 754 g/mol. The first-order valence-corrected chi connectivity index (χ1v) is 19.0. The molecule has 1 aliphatic rings. The predicted molar refractivity (Wildman–Crippen MR) is 218 cm³/mol. The van der Waals surface area contributed by atoms with Crippen LogP contribution in [0, 0.1) is 0 Å². The van der Waals surface area contributed by atoms with Gasteiger partial charge in [-0.15, -0.1) is 0 Å². The Labute approximate surface area is 330 Å². The summed E-state index contributed by atoms with van der Waals surface area (Å²) in [6, 6.07) is 59.7. The molecule has 6 aromatic carbocycles. The molecular formula is C48H40FN5O3. The molecule has 0 bridgehead atoms. The van der Waals surface area contributed by atoms with Crippen molar-refractivity contribution in [3.63, 3.8) is 0 Å². The van der Waals surface area contributed by atoms with E-state index in [-0.39, 0.29) is 12.4 Å². The van der Waals surface area contributed by atoms with E-state index in [1.807, 2.05) is 182 Å². The maximum atomic E-state index is 18.0. The van der Waals surface area contributed by atoms with Gasteiger partial charge in [-0.2, -0.15) is 0 Å². The van der Waals surface area contributed by atoms with Gasteiger partial charge in [-0.1, -0.05) is 182 Å². The fourth-order valence-electron chi connectivity index (χ4n) is 8.14. The predicted octanol–water partition coefficient (Wildman–Crippen LogP) is 9.03. The highest BCUT2D eigenvalue weighted by molar-refractivity contribution is 5.81. The normalized spacial score (nSPS) is 18.5. The van der Waals surface area contributed by atoms with E-state index in [2.05, 4.69) is 15.0 Å². The number of halogens is 1. The maximum Gasteiger partial charge on any atom is 0.167 e. The standard InChI is InChI=1S/C48H40FN5O3/c49-41-40(31-55-47(34-19-7-1-8-20-34,35-21-9-2-10-22-35)36-23-11-3-12-24-36)56-46(54-33-53-42-44(50)51-32-52-45(42)54)43(41)57-48(37-25-13-4-14-26-37,38-27-15-5-16-28-38)39-29-17-6-18-30-39/h1-30,32-33,40-41,43,46H,31H2,(H2,50,51,52)/t40-,41+,43-,46-/m1/s1. The van der Waals surface area contributed by atoms with Crippen LogP contribution in [0.4, 0.5) is 10.2 Å². The van der Waals surface area contributed by atoms with Gasteiger partial charge in [-0.05, 0) is 33.4 Å². The van der Waals surface area contributed by atoms with E-state index >= 15 is 4.39 Å². The second-order valence-corrected chi connectivity index (χ2v) is 14.0. The molecule has 0 unspecified atom stereocenters. The van der Waals surface area contributed by atoms with Crippen LogP contribution in [0.15, 0.2) is 195 Å². The zero-order valence-corrected chi connectivity index (χ0v) is 31.0. The first kappa shape index (κ1) is 36.1. The Kier molecular flexibility index (Phi) is 9.86. The third kappa shape index (κ3) is 6.45. The Bertz CT molecular complexity index is 2330. The van der Waals surface area contributed by atoms with Crippen molar-refractivity contribution in [2.24, 2.45) is 0 Å². The molecule has 0 saturated carbocycles. The third-order valence-corrected chi connectivity index (χ3v) is 10.8. The molecule has 2 N–H and O–H groups in total. The van der Waals surface area contributed by atoms with Gasteiger partial charge in [0, 0.05) is 0 Å². The SMILES string of the molecule is Nc1ncnc2c1ncn2[C@@H]1O[C@H](COC(c2ccccc2)(c2ccccc2)c2ccccc2)[C@H](F)[C@H]1OC(c1ccccc1)(c1ccccc1)c1ccccc1. The van der Waals surface area contributed by atoms with Crippen molar-refractivity contribution in [3.8, 4) is 0 Å². The largest absolute Gasteiger partial charge is 0.382 e. The van der Waals surface area contributed by atoms with Gasteiger partial charge in [0.05, 0.1) is 12.9 Å². The number of nitrogens with two attached hydrogens (primary N) is 1. The zero-order valence-electron chi connectivity index (χ0n) is 31.0. The Morgan fingerprint density at radius 3 is 1.39 bits per heavy atom. The van der Waals surface area contributed by atoms with Crippen molar-refractivity contribution in [1.29, 1.82) is 0 Å². The van der Waals surface area contributed by atoms with Crippen LogP contribution in [0.2, 0.25) is 0 Å². The van der Waals surface area contributed by atoms with Crippen molar-refractivity contribution < 1.29 is 18.6 Å². The van der Waals surface area contributed by atoms with Crippen LogP contribution in [0.1, 0.15) is 39.6 Å². The smallest absolute Gasteiger partial charge is 0.167 e. The number of anilines is 1. The summed E-state index contributed by atoms with van der Waals surface area (Å²) in [5.41, 5.74) is 9.82. The minimum absolute atomic E-state index is 0.130. The molecule has 0 aliphatic carbocycles. The number of alkyl halides is 1. The second kappa shape index (κ2) is 15.5. The number of ether oxygens (including phenoxy) is 3. The monoisotopic (exact) mass is 753 g/mol. The van der Waals surface area contributed by atoms with Crippen molar-refractivity contribution in [2.45, 2.75) is 35.8 Å². The van der Waals surface area contributed by atoms with Crippen molar-refractivity contribution in [1.82, 2.24) is 19.5 Å². The summed E-state index contributed by atoms with van der Waals surface area (Å²) < 4.78 is 41.1. The van der Waals surface area contributed by atoms with Crippen molar-refractivity contribution in [2.75, 3.05) is 12.3 Å². The van der Waals surface area contributed by atoms with Crippen LogP contribution in [0.5, 0.6) is 0 Å². The molecule has 9 heteroatoms. The van der Waals surface area contributed by atoms with Crippen LogP contribution < -0.4 is 5.73 Å². The lowest BCUT2D eigenvalue weighted by atomic mass is 9.79. The Balaban J connectivity index is 1.19.